The number of nitrogens with one attached hydrogen (secondary N) is 1. The van der Waals surface area contributed by atoms with Crippen molar-refractivity contribution in [2.75, 3.05) is 20.3 Å². The number of carbonyl (C=O) groups excluding carboxylic acids is 3. The highest BCUT2D eigenvalue weighted by atomic mass is 19.1. The summed E-state index contributed by atoms with van der Waals surface area (Å²) in [6, 6.07) is 2.59. The molecule has 1 aromatic carbocycles. The van der Waals surface area contributed by atoms with Gasteiger partial charge >= 0.3 is 5.97 Å². The van der Waals surface area contributed by atoms with Crippen molar-refractivity contribution in [1.29, 1.82) is 0 Å². The van der Waals surface area contributed by atoms with Gasteiger partial charge < -0.3 is 14.6 Å². The lowest BCUT2D eigenvalue weighted by Crippen LogP contribution is -2.40. The fraction of sp³-hybridized carbons (Fsp3) is 0.571. The first-order chi connectivity index (χ1) is 14.0. The van der Waals surface area contributed by atoms with Crippen LogP contribution >= 0.6 is 0 Å². The number of aliphatic hydroxyl groups excluding tert-OH is 1. The molecule has 160 valence electrons. The Hall–Kier alpha value is -2.48. The first-order valence-corrected chi connectivity index (χ1v) is 9.94. The Kier molecular flexibility index (Phi) is 9.05. The van der Waals surface area contributed by atoms with Crippen molar-refractivity contribution in [2.45, 2.75) is 51.4 Å². The Labute approximate surface area is 169 Å². The SMILES string of the molecule is COC(=O)c1cc(F)c(OCCCCCCO)cc1CCC1CCC(=O)NC1=O. The number of hydrogen-bond donors (Lipinski definition) is 2. The van der Waals surface area contributed by atoms with Gasteiger partial charge in [0.25, 0.3) is 0 Å². The molecule has 1 unspecified atom stereocenters. The smallest absolute Gasteiger partial charge is 0.338 e. The second-order valence-corrected chi connectivity index (χ2v) is 7.10. The van der Waals surface area contributed by atoms with Gasteiger partial charge in [-0.05, 0) is 56.2 Å². The van der Waals surface area contributed by atoms with E-state index >= 15 is 0 Å². The first-order valence-electron chi connectivity index (χ1n) is 9.94. The Bertz CT molecular complexity index is 736. The van der Waals surface area contributed by atoms with Gasteiger partial charge in [0, 0.05) is 18.9 Å². The van der Waals surface area contributed by atoms with Crippen LogP contribution in [0.15, 0.2) is 12.1 Å². The minimum atomic E-state index is -0.655. The molecule has 2 N–H and O–H groups in total. The predicted molar refractivity (Wildman–Crippen MR) is 103 cm³/mol. The van der Waals surface area contributed by atoms with Crippen molar-refractivity contribution in [3.8, 4) is 5.75 Å². The zero-order valence-corrected chi connectivity index (χ0v) is 16.7. The molecule has 1 heterocycles. The summed E-state index contributed by atoms with van der Waals surface area (Å²) in [5, 5.41) is 11.1. The van der Waals surface area contributed by atoms with Gasteiger partial charge in [0.1, 0.15) is 0 Å². The van der Waals surface area contributed by atoms with Crippen molar-refractivity contribution < 1.29 is 33.4 Å². The van der Waals surface area contributed by atoms with Crippen LogP contribution in [0.1, 0.15) is 60.9 Å². The van der Waals surface area contributed by atoms with Gasteiger partial charge in [0.2, 0.25) is 11.8 Å². The third-order valence-electron chi connectivity index (χ3n) is 4.99. The number of unbranched alkanes of at least 4 members (excludes halogenated alkanes) is 3. The zero-order valence-electron chi connectivity index (χ0n) is 16.7. The molecular formula is C21H28FNO6. The average Bonchev–Trinajstić information content (AvgIpc) is 2.70. The summed E-state index contributed by atoms with van der Waals surface area (Å²) in [7, 11) is 1.22. The maximum absolute atomic E-state index is 14.4. The van der Waals surface area contributed by atoms with Crippen molar-refractivity contribution in [3.63, 3.8) is 0 Å². The van der Waals surface area contributed by atoms with Crippen LogP contribution in [0.25, 0.3) is 0 Å². The number of imide groups is 1. The van der Waals surface area contributed by atoms with E-state index in [9.17, 15) is 18.8 Å². The summed E-state index contributed by atoms with van der Waals surface area (Å²) in [5.41, 5.74) is 0.644. The highest BCUT2D eigenvalue weighted by molar-refractivity contribution is 5.98. The lowest BCUT2D eigenvalue weighted by Gasteiger charge is -2.21. The third kappa shape index (κ3) is 6.81. The molecule has 0 aliphatic carbocycles. The number of hydrogen-bond acceptors (Lipinski definition) is 6. The summed E-state index contributed by atoms with van der Waals surface area (Å²) in [6.07, 6.45) is 4.71. The van der Waals surface area contributed by atoms with Crippen molar-refractivity contribution in [3.05, 3.63) is 29.1 Å². The number of rotatable bonds is 11. The molecule has 1 aromatic rings. The van der Waals surface area contributed by atoms with Gasteiger partial charge in [-0.15, -0.1) is 0 Å². The second-order valence-electron chi connectivity index (χ2n) is 7.10. The van der Waals surface area contributed by atoms with Crippen LogP contribution in [-0.4, -0.2) is 43.2 Å². The van der Waals surface area contributed by atoms with Crippen LogP contribution in [0, 0.1) is 11.7 Å². The molecule has 2 amide bonds. The molecule has 7 nitrogen and oxygen atoms in total. The number of aryl methyl sites for hydroxylation is 1. The maximum Gasteiger partial charge on any atom is 0.338 e. The van der Waals surface area contributed by atoms with Gasteiger partial charge in [0.05, 0.1) is 19.3 Å². The van der Waals surface area contributed by atoms with Crippen LogP contribution in [0.3, 0.4) is 0 Å². The van der Waals surface area contributed by atoms with E-state index < -0.39 is 11.8 Å². The largest absolute Gasteiger partial charge is 0.491 e. The Balaban J connectivity index is 2.05. The molecule has 8 heteroatoms. The second kappa shape index (κ2) is 11.5. The average molecular weight is 409 g/mol. The minimum absolute atomic E-state index is 0.0538. The summed E-state index contributed by atoms with van der Waals surface area (Å²) < 4.78 is 24.7. The van der Waals surface area contributed by atoms with Crippen LogP contribution in [0.2, 0.25) is 0 Å². The van der Waals surface area contributed by atoms with Crippen molar-refractivity contribution in [1.82, 2.24) is 5.32 Å². The number of esters is 1. The van der Waals surface area contributed by atoms with Gasteiger partial charge in [-0.3, -0.25) is 14.9 Å². The molecule has 1 aliphatic heterocycles. The van der Waals surface area contributed by atoms with Gasteiger partial charge in [-0.2, -0.15) is 0 Å². The fourth-order valence-corrected chi connectivity index (χ4v) is 3.31. The number of methoxy groups -OCH3 is 1. The monoisotopic (exact) mass is 409 g/mol. The number of halogens is 1. The molecule has 0 bridgehead atoms. The first kappa shape index (κ1) is 22.8. The quantitative estimate of drug-likeness (QED) is 0.331. The summed E-state index contributed by atoms with van der Waals surface area (Å²) >= 11 is 0. The molecule has 1 saturated heterocycles. The maximum atomic E-state index is 14.4. The molecule has 0 aromatic heterocycles. The Morgan fingerprint density at radius 3 is 2.69 bits per heavy atom. The van der Waals surface area contributed by atoms with E-state index in [4.69, 9.17) is 14.6 Å². The number of ether oxygens (including phenoxy) is 2. The van der Waals surface area contributed by atoms with E-state index in [0.717, 1.165) is 31.7 Å². The molecular weight excluding hydrogens is 381 g/mol. The molecule has 0 radical (unpaired) electrons. The molecule has 1 atom stereocenters. The summed E-state index contributed by atoms with van der Waals surface area (Å²) in [6.45, 7) is 0.480. The van der Waals surface area contributed by atoms with E-state index in [1.807, 2.05) is 0 Å². The van der Waals surface area contributed by atoms with Gasteiger partial charge in [-0.1, -0.05) is 6.42 Å². The molecule has 1 fully saturated rings. The normalized spacial score (nSPS) is 16.4. The van der Waals surface area contributed by atoms with Crippen LogP contribution in [-0.2, 0) is 20.7 Å². The Morgan fingerprint density at radius 1 is 1.24 bits per heavy atom. The molecule has 2 rings (SSSR count). The van der Waals surface area contributed by atoms with E-state index in [1.165, 1.54) is 13.2 Å². The van der Waals surface area contributed by atoms with E-state index in [-0.39, 0.29) is 42.1 Å². The van der Waals surface area contributed by atoms with Crippen LogP contribution in [0.5, 0.6) is 5.75 Å². The molecule has 0 spiro atoms. The van der Waals surface area contributed by atoms with Gasteiger partial charge in [-0.25, -0.2) is 9.18 Å². The lowest BCUT2D eigenvalue weighted by atomic mass is 9.90. The molecule has 0 saturated carbocycles. The van der Waals surface area contributed by atoms with E-state index in [0.29, 0.717) is 31.4 Å². The van der Waals surface area contributed by atoms with Crippen LogP contribution in [0.4, 0.5) is 4.39 Å². The summed E-state index contributed by atoms with van der Waals surface area (Å²) in [5.74, 6) is -2.18. The van der Waals surface area contributed by atoms with Crippen molar-refractivity contribution in [2.24, 2.45) is 5.92 Å². The highest BCUT2D eigenvalue weighted by Crippen LogP contribution is 2.27. The number of carbonyl (C=O) groups is 3. The van der Waals surface area contributed by atoms with Crippen LogP contribution < -0.4 is 10.1 Å². The van der Waals surface area contributed by atoms with Gasteiger partial charge in [0.15, 0.2) is 11.6 Å². The Morgan fingerprint density at radius 2 is 2.00 bits per heavy atom. The third-order valence-corrected chi connectivity index (χ3v) is 4.99. The lowest BCUT2D eigenvalue weighted by molar-refractivity contribution is -0.136. The van der Waals surface area contributed by atoms with E-state index in [1.54, 1.807) is 0 Å². The predicted octanol–water partition coefficient (Wildman–Crippen LogP) is 2.53. The topological polar surface area (TPSA) is 102 Å². The number of piperidine rings is 1. The standard InChI is InChI=1S/C21H28FNO6/c1-28-21(27)16-13-17(22)18(29-11-5-3-2-4-10-24)12-15(16)7-6-14-8-9-19(25)23-20(14)26/h12-14,24H,2-11H2,1H3,(H,23,25,26). The number of amides is 2. The molecule has 29 heavy (non-hydrogen) atoms. The fourth-order valence-electron chi connectivity index (χ4n) is 3.31. The van der Waals surface area contributed by atoms with Crippen molar-refractivity contribution >= 4 is 17.8 Å². The van der Waals surface area contributed by atoms with E-state index in [2.05, 4.69) is 5.32 Å². The minimum Gasteiger partial charge on any atom is -0.491 e. The number of benzene rings is 1. The number of aliphatic hydroxyl groups is 1. The molecule has 1 aliphatic rings. The summed E-state index contributed by atoms with van der Waals surface area (Å²) in [4.78, 5) is 35.3. The zero-order chi connectivity index (χ0) is 21.2. The highest BCUT2D eigenvalue weighted by Gasteiger charge is 2.27.